The van der Waals surface area contributed by atoms with Crippen LogP contribution in [0, 0.1) is 0 Å². The van der Waals surface area contributed by atoms with Crippen molar-refractivity contribution < 1.29 is 13.2 Å². The molecule has 1 N–H and O–H groups in total. The first-order chi connectivity index (χ1) is 11.4. The highest BCUT2D eigenvalue weighted by Gasteiger charge is 2.20. The van der Waals surface area contributed by atoms with Gasteiger partial charge < -0.3 is 5.32 Å². The summed E-state index contributed by atoms with van der Waals surface area (Å²) in [6, 6.07) is 14.5. The molecule has 0 bridgehead atoms. The quantitative estimate of drug-likeness (QED) is 0.928. The van der Waals surface area contributed by atoms with Gasteiger partial charge in [-0.15, -0.1) is 0 Å². The maximum Gasteiger partial charge on any atom is 0.251 e. The zero-order chi connectivity index (χ0) is 17.2. The third-order valence-electron chi connectivity index (χ3n) is 4.55. The third-order valence-corrected chi connectivity index (χ3v) is 5.68. The van der Waals surface area contributed by atoms with Crippen LogP contribution in [-0.4, -0.2) is 27.1 Å². The SMILES string of the molecule is CS(=O)(=O)c1ccc(C(=O)NCC2CCCc3ccccc32)cc1. The van der Waals surface area contributed by atoms with Crippen molar-refractivity contribution in [3.8, 4) is 0 Å². The number of fused-ring (bicyclic) bond motifs is 1. The largest absolute Gasteiger partial charge is 0.351 e. The fraction of sp³-hybridized carbons (Fsp3) is 0.316. The first-order valence-corrected chi connectivity index (χ1v) is 10.0. The maximum absolute atomic E-state index is 12.3. The summed E-state index contributed by atoms with van der Waals surface area (Å²) >= 11 is 0. The van der Waals surface area contributed by atoms with Crippen molar-refractivity contribution in [1.82, 2.24) is 5.32 Å². The average molecular weight is 343 g/mol. The van der Waals surface area contributed by atoms with Crippen molar-refractivity contribution in [3.63, 3.8) is 0 Å². The molecule has 126 valence electrons. The molecule has 0 saturated heterocycles. The summed E-state index contributed by atoms with van der Waals surface area (Å²) in [6.07, 6.45) is 4.47. The van der Waals surface area contributed by atoms with E-state index in [1.54, 1.807) is 12.1 Å². The van der Waals surface area contributed by atoms with Crippen molar-refractivity contribution in [1.29, 1.82) is 0 Å². The van der Waals surface area contributed by atoms with Crippen molar-refractivity contribution in [2.75, 3.05) is 12.8 Å². The molecular weight excluding hydrogens is 322 g/mol. The molecule has 0 radical (unpaired) electrons. The third kappa shape index (κ3) is 3.67. The lowest BCUT2D eigenvalue weighted by Gasteiger charge is -2.25. The minimum atomic E-state index is -3.24. The van der Waals surface area contributed by atoms with E-state index in [4.69, 9.17) is 0 Å². The molecular formula is C19H21NO3S. The molecule has 0 fully saturated rings. The molecule has 2 aromatic rings. The summed E-state index contributed by atoms with van der Waals surface area (Å²) in [5, 5.41) is 2.98. The number of amides is 1. The van der Waals surface area contributed by atoms with Gasteiger partial charge in [-0.2, -0.15) is 0 Å². The fourth-order valence-corrected chi connectivity index (χ4v) is 3.87. The second kappa shape index (κ2) is 6.77. The molecule has 24 heavy (non-hydrogen) atoms. The Kier molecular flexibility index (Phi) is 4.71. The van der Waals surface area contributed by atoms with Gasteiger partial charge in [-0.25, -0.2) is 8.42 Å². The van der Waals surface area contributed by atoms with Crippen molar-refractivity contribution in [2.45, 2.75) is 30.1 Å². The van der Waals surface area contributed by atoms with E-state index in [1.807, 2.05) is 6.07 Å². The zero-order valence-electron chi connectivity index (χ0n) is 13.7. The van der Waals surface area contributed by atoms with Crippen molar-refractivity contribution >= 4 is 15.7 Å². The molecule has 3 rings (SSSR count). The van der Waals surface area contributed by atoms with Crippen LogP contribution >= 0.6 is 0 Å². The van der Waals surface area contributed by atoms with Gasteiger partial charge in [0.25, 0.3) is 5.91 Å². The average Bonchev–Trinajstić information content (AvgIpc) is 2.59. The Balaban J connectivity index is 1.66. The van der Waals surface area contributed by atoms with Gasteiger partial charge >= 0.3 is 0 Å². The number of benzene rings is 2. The first kappa shape index (κ1) is 16.7. The van der Waals surface area contributed by atoms with E-state index in [-0.39, 0.29) is 10.8 Å². The lowest BCUT2D eigenvalue weighted by atomic mass is 9.83. The Morgan fingerprint density at radius 1 is 1.12 bits per heavy atom. The van der Waals surface area contributed by atoms with Crippen LogP contribution in [0.25, 0.3) is 0 Å². The zero-order valence-corrected chi connectivity index (χ0v) is 14.5. The van der Waals surface area contributed by atoms with Gasteiger partial charge in [0.1, 0.15) is 0 Å². The van der Waals surface area contributed by atoms with Crippen LogP contribution in [0.1, 0.15) is 40.2 Å². The van der Waals surface area contributed by atoms with E-state index in [2.05, 4.69) is 23.5 Å². The molecule has 0 spiro atoms. The smallest absolute Gasteiger partial charge is 0.251 e. The van der Waals surface area contributed by atoms with E-state index in [1.165, 1.54) is 23.3 Å². The fourth-order valence-electron chi connectivity index (χ4n) is 3.24. The number of nitrogens with one attached hydrogen (secondary N) is 1. The highest BCUT2D eigenvalue weighted by Crippen LogP contribution is 2.30. The van der Waals surface area contributed by atoms with E-state index in [9.17, 15) is 13.2 Å². The molecule has 1 unspecified atom stereocenters. The minimum Gasteiger partial charge on any atom is -0.351 e. The summed E-state index contributed by atoms with van der Waals surface area (Å²) < 4.78 is 22.9. The predicted molar refractivity (Wildman–Crippen MR) is 94.0 cm³/mol. The first-order valence-electron chi connectivity index (χ1n) is 8.11. The van der Waals surface area contributed by atoms with Gasteiger partial charge in [0.2, 0.25) is 0 Å². The van der Waals surface area contributed by atoms with Crippen LogP contribution in [0.3, 0.4) is 0 Å². The molecule has 1 atom stereocenters. The topological polar surface area (TPSA) is 63.2 Å². The number of hydrogen-bond donors (Lipinski definition) is 1. The van der Waals surface area contributed by atoms with Gasteiger partial charge in [-0.1, -0.05) is 24.3 Å². The molecule has 1 aliphatic carbocycles. The summed E-state index contributed by atoms with van der Waals surface area (Å²) in [5.41, 5.74) is 3.18. The summed E-state index contributed by atoms with van der Waals surface area (Å²) in [6.45, 7) is 0.601. The normalized spacial score (nSPS) is 17.1. The Hall–Kier alpha value is -2.14. The van der Waals surface area contributed by atoms with Crippen molar-refractivity contribution in [3.05, 3.63) is 65.2 Å². The molecule has 1 aliphatic rings. The highest BCUT2D eigenvalue weighted by atomic mass is 32.2. The molecule has 0 heterocycles. The highest BCUT2D eigenvalue weighted by molar-refractivity contribution is 7.90. The maximum atomic E-state index is 12.3. The van der Waals surface area contributed by atoms with Crippen LogP contribution in [-0.2, 0) is 16.3 Å². The number of rotatable bonds is 4. The summed E-state index contributed by atoms with van der Waals surface area (Å²) in [4.78, 5) is 12.5. The molecule has 5 heteroatoms. The van der Waals surface area contributed by atoms with E-state index in [0.29, 0.717) is 18.0 Å². The summed E-state index contributed by atoms with van der Waals surface area (Å²) in [5.74, 6) is 0.173. The summed E-state index contributed by atoms with van der Waals surface area (Å²) in [7, 11) is -3.24. The van der Waals surface area contributed by atoms with Crippen LogP contribution in [0.4, 0.5) is 0 Å². The van der Waals surface area contributed by atoms with E-state index >= 15 is 0 Å². The number of carbonyl (C=O) groups excluding carboxylic acids is 1. The Labute approximate surface area is 142 Å². The van der Waals surface area contributed by atoms with Crippen LogP contribution in [0.2, 0.25) is 0 Å². The van der Waals surface area contributed by atoms with Crippen LogP contribution in [0.15, 0.2) is 53.4 Å². The molecule has 4 nitrogen and oxygen atoms in total. The van der Waals surface area contributed by atoms with Crippen LogP contribution in [0.5, 0.6) is 0 Å². The van der Waals surface area contributed by atoms with Gasteiger partial charge in [0, 0.05) is 24.3 Å². The Morgan fingerprint density at radius 3 is 2.54 bits per heavy atom. The van der Waals surface area contributed by atoms with Gasteiger partial charge in [-0.3, -0.25) is 4.79 Å². The Morgan fingerprint density at radius 2 is 1.83 bits per heavy atom. The van der Waals surface area contributed by atoms with Crippen LogP contribution < -0.4 is 5.32 Å². The second-order valence-corrected chi connectivity index (χ2v) is 8.31. The van der Waals surface area contributed by atoms with E-state index in [0.717, 1.165) is 25.5 Å². The van der Waals surface area contributed by atoms with Gasteiger partial charge in [0.05, 0.1) is 4.90 Å². The lowest BCUT2D eigenvalue weighted by Crippen LogP contribution is -2.29. The van der Waals surface area contributed by atoms with E-state index < -0.39 is 9.84 Å². The molecule has 0 aliphatic heterocycles. The molecule has 0 saturated carbocycles. The number of carbonyl (C=O) groups is 1. The number of aryl methyl sites for hydroxylation is 1. The van der Waals surface area contributed by atoms with Crippen molar-refractivity contribution in [2.24, 2.45) is 0 Å². The number of sulfone groups is 1. The minimum absolute atomic E-state index is 0.168. The monoisotopic (exact) mass is 343 g/mol. The standard InChI is InChI=1S/C19H21NO3S/c1-24(22,23)17-11-9-15(10-12-17)19(21)20-13-16-7-4-6-14-5-2-3-8-18(14)16/h2-3,5,8-12,16H,4,6-7,13H2,1H3,(H,20,21). The molecule has 1 amide bonds. The Bertz CT molecular complexity index is 841. The molecule has 2 aromatic carbocycles. The van der Waals surface area contributed by atoms with Gasteiger partial charge in [-0.05, 0) is 54.7 Å². The second-order valence-electron chi connectivity index (χ2n) is 6.29. The van der Waals surface area contributed by atoms with Gasteiger partial charge in [0.15, 0.2) is 9.84 Å². The lowest BCUT2D eigenvalue weighted by molar-refractivity contribution is 0.0950. The number of hydrogen-bond acceptors (Lipinski definition) is 3. The molecule has 0 aromatic heterocycles. The predicted octanol–water partition coefficient (Wildman–Crippen LogP) is 2.94.